The molecule has 0 radical (unpaired) electrons. The third-order valence-corrected chi connectivity index (χ3v) is 3.90. The molecule has 1 aromatic rings. The van der Waals surface area contributed by atoms with Crippen molar-refractivity contribution in [1.82, 2.24) is 5.32 Å². The molecule has 0 aliphatic carbocycles. The fraction of sp³-hybridized carbons (Fsp3) is 0.429. The lowest BCUT2D eigenvalue weighted by atomic mass is 10.0. The van der Waals surface area contributed by atoms with E-state index >= 15 is 0 Å². The van der Waals surface area contributed by atoms with E-state index in [0.29, 0.717) is 22.1 Å². The van der Waals surface area contributed by atoms with E-state index in [1.165, 1.54) is 0 Å². The third-order valence-electron chi connectivity index (χ3n) is 3.59. The van der Waals surface area contributed by atoms with Gasteiger partial charge in [-0.3, -0.25) is 9.59 Å². The Bertz CT molecular complexity index is 585. The number of halogens is 1. The first-order valence-electron chi connectivity index (χ1n) is 6.94. The number of fused-ring (bicyclic) bond motifs is 1. The first kappa shape index (κ1) is 14.2. The minimum Gasteiger partial charge on any atom is -0.482 e. The third kappa shape index (κ3) is 3.11. The van der Waals surface area contributed by atoms with E-state index in [0.717, 1.165) is 25.8 Å². The van der Waals surface area contributed by atoms with E-state index in [9.17, 15) is 9.59 Å². The molecule has 2 amide bonds. The Labute approximate surface area is 127 Å². The maximum absolute atomic E-state index is 12.2. The van der Waals surface area contributed by atoms with Crippen LogP contribution in [0, 0.1) is 0 Å². The molecule has 1 saturated heterocycles. The highest BCUT2D eigenvalue weighted by Gasteiger charge is 2.23. The molecule has 3 N–H and O–H groups in total. The van der Waals surface area contributed by atoms with Gasteiger partial charge in [0.25, 0.3) is 5.91 Å². The second kappa shape index (κ2) is 5.91. The molecule has 0 aromatic heterocycles. The van der Waals surface area contributed by atoms with Gasteiger partial charge >= 0.3 is 0 Å². The van der Waals surface area contributed by atoms with Gasteiger partial charge in [0.15, 0.2) is 6.61 Å². The number of benzene rings is 1. The summed E-state index contributed by atoms with van der Waals surface area (Å²) in [6.45, 7) is 0.817. The molecular weight excluding hydrogens is 294 g/mol. The number of amides is 2. The molecule has 6 nitrogen and oxygen atoms in total. The monoisotopic (exact) mass is 309 g/mol. The Morgan fingerprint density at radius 2 is 2.24 bits per heavy atom. The number of carbonyl (C=O) groups is 2. The second-order valence-corrected chi connectivity index (χ2v) is 5.56. The zero-order valence-corrected chi connectivity index (χ0v) is 12.1. The van der Waals surface area contributed by atoms with Crippen LogP contribution in [0.25, 0.3) is 0 Å². The molecule has 1 aromatic carbocycles. The smallest absolute Gasteiger partial charge is 0.262 e. The fourth-order valence-electron chi connectivity index (χ4n) is 2.49. The molecule has 0 bridgehead atoms. The number of hydrogen-bond acceptors (Lipinski definition) is 4. The Morgan fingerprint density at radius 3 is 3.00 bits per heavy atom. The highest BCUT2D eigenvalue weighted by Crippen LogP contribution is 2.36. The molecule has 2 heterocycles. The van der Waals surface area contributed by atoms with Gasteiger partial charge in [-0.15, -0.1) is 0 Å². The van der Waals surface area contributed by atoms with Crippen LogP contribution in [0.4, 0.5) is 11.4 Å². The van der Waals surface area contributed by atoms with E-state index in [1.54, 1.807) is 12.1 Å². The minimum atomic E-state index is -0.221. The standard InChI is InChI=1S/C14H16ClN3O3/c15-8-5-11-12(21-7-13(19)17-11)6-10(8)18-14(20)9-3-1-2-4-16-9/h5-6,9,16H,1-4,7H2,(H,17,19)(H,18,20). The van der Waals surface area contributed by atoms with E-state index in [2.05, 4.69) is 16.0 Å². The summed E-state index contributed by atoms with van der Waals surface area (Å²) in [4.78, 5) is 23.4. The van der Waals surface area contributed by atoms with Crippen molar-refractivity contribution >= 4 is 34.8 Å². The van der Waals surface area contributed by atoms with Crippen LogP contribution < -0.4 is 20.7 Å². The van der Waals surface area contributed by atoms with E-state index in [4.69, 9.17) is 16.3 Å². The number of rotatable bonds is 2. The maximum atomic E-state index is 12.2. The van der Waals surface area contributed by atoms with Gasteiger partial charge < -0.3 is 20.7 Å². The average Bonchev–Trinajstić information content (AvgIpc) is 2.49. The topological polar surface area (TPSA) is 79.5 Å². The van der Waals surface area contributed by atoms with Gasteiger partial charge in [0, 0.05) is 6.07 Å². The van der Waals surface area contributed by atoms with Crippen LogP contribution in [-0.4, -0.2) is 31.0 Å². The summed E-state index contributed by atoms with van der Waals surface area (Å²) >= 11 is 6.15. The van der Waals surface area contributed by atoms with Crippen molar-refractivity contribution in [3.63, 3.8) is 0 Å². The number of ether oxygens (including phenoxy) is 1. The maximum Gasteiger partial charge on any atom is 0.262 e. The molecular formula is C14H16ClN3O3. The van der Waals surface area contributed by atoms with Gasteiger partial charge in [-0.25, -0.2) is 0 Å². The molecule has 7 heteroatoms. The number of hydrogen-bond donors (Lipinski definition) is 3. The van der Waals surface area contributed by atoms with Crippen LogP contribution in [0.2, 0.25) is 5.02 Å². The summed E-state index contributed by atoms with van der Waals surface area (Å²) in [7, 11) is 0. The van der Waals surface area contributed by atoms with Crippen molar-refractivity contribution in [2.24, 2.45) is 0 Å². The number of piperidine rings is 1. The van der Waals surface area contributed by atoms with E-state index < -0.39 is 0 Å². The van der Waals surface area contributed by atoms with Crippen molar-refractivity contribution in [3.05, 3.63) is 17.2 Å². The van der Waals surface area contributed by atoms with Crippen LogP contribution in [0.15, 0.2) is 12.1 Å². The summed E-state index contributed by atoms with van der Waals surface area (Å²) in [5.41, 5.74) is 1.01. The van der Waals surface area contributed by atoms with Crippen LogP contribution in [0.3, 0.4) is 0 Å². The molecule has 2 aliphatic heterocycles. The summed E-state index contributed by atoms with van der Waals surface area (Å²) in [6.07, 6.45) is 2.95. The molecule has 2 aliphatic rings. The Morgan fingerprint density at radius 1 is 1.38 bits per heavy atom. The molecule has 0 spiro atoms. The van der Waals surface area contributed by atoms with Gasteiger partial charge in [-0.2, -0.15) is 0 Å². The van der Waals surface area contributed by atoms with Crippen LogP contribution in [-0.2, 0) is 9.59 Å². The average molecular weight is 310 g/mol. The summed E-state index contributed by atoms with van der Waals surface area (Å²) in [6, 6.07) is 3.03. The van der Waals surface area contributed by atoms with Gasteiger partial charge in [0.2, 0.25) is 5.91 Å². The van der Waals surface area contributed by atoms with Crippen molar-refractivity contribution in [2.75, 3.05) is 23.8 Å². The predicted octanol–water partition coefficient (Wildman–Crippen LogP) is 1.75. The first-order valence-corrected chi connectivity index (χ1v) is 7.32. The zero-order chi connectivity index (χ0) is 14.8. The van der Waals surface area contributed by atoms with Gasteiger partial charge in [-0.05, 0) is 25.5 Å². The SMILES string of the molecule is O=C1COc2cc(NC(=O)C3CCCCN3)c(Cl)cc2N1. The van der Waals surface area contributed by atoms with Crippen molar-refractivity contribution in [1.29, 1.82) is 0 Å². The van der Waals surface area contributed by atoms with Gasteiger partial charge in [-0.1, -0.05) is 18.0 Å². The molecule has 1 unspecified atom stereocenters. The summed E-state index contributed by atoms with van der Waals surface area (Å²) in [5.74, 6) is 0.184. The van der Waals surface area contributed by atoms with Crippen LogP contribution in [0.1, 0.15) is 19.3 Å². The van der Waals surface area contributed by atoms with Gasteiger partial charge in [0.05, 0.1) is 22.4 Å². The molecule has 0 saturated carbocycles. The highest BCUT2D eigenvalue weighted by atomic mass is 35.5. The lowest BCUT2D eigenvalue weighted by molar-refractivity contribution is -0.119. The molecule has 1 atom stereocenters. The normalized spacial score (nSPS) is 21.0. The molecule has 3 rings (SSSR count). The number of nitrogens with one attached hydrogen (secondary N) is 3. The van der Waals surface area contributed by atoms with E-state index in [-0.39, 0.29) is 24.5 Å². The Balaban J connectivity index is 1.76. The quantitative estimate of drug-likeness (QED) is 0.777. The fourth-order valence-corrected chi connectivity index (χ4v) is 2.70. The first-order chi connectivity index (χ1) is 10.1. The zero-order valence-electron chi connectivity index (χ0n) is 11.4. The molecule has 112 valence electrons. The van der Waals surface area contributed by atoms with Crippen LogP contribution >= 0.6 is 11.6 Å². The van der Waals surface area contributed by atoms with Crippen LogP contribution in [0.5, 0.6) is 5.75 Å². The van der Waals surface area contributed by atoms with Gasteiger partial charge in [0.1, 0.15) is 5.75 Å². The Kier molecular flexibility index (Phi) is 3.98. The molecule has 1 fully saturated rings. The number of anilines is 2. The largest absolute Gasteiger partial charge is 0.482 e. The number of carbonyl (C=O) groups excluding carboxylic acids is 2. The summed E-state index contributed by atoms with van der Waals surface area (Å²) in [5, 5.41) is 9.03. The summed E-state index contributed by atoms with van der Waals surface area (Å²) < 4.78 is 5.32. The lowest BCUT2D eigenvalue weighted by Crippen LogP contribution is -2.43. The Hall–Kier alpha value is -1.79. The lowest BCUT2D eigenvalue weighted by Gasteiger charge is -2.24. The van der Waals surface area contributed by atoms with E-state index in [1.807, 2.05) is 0 Å². The van der Waals surface area contributed by atoms with Crippen molar-refractivity contribution in [2.45, 2.75) is 25.3 Å². The van der Waals surface area contributed by atoms with Crippen molar-refractivity contribution < 1.29 is 14.3 Å². The predicted molar refractivity (Wildman–Crippen MR) is 79.8 cm³/mol. The highest BCUT2D eigenvalue weighted by molar-refractivity contribution is 6.34. The van der Waals surface area contributed by atoms with Crippen molar-refractivity contribution in [3.8, 4) is 5.75 Å². The second-order valence-electron chi connectivity index (χ2n) is 5.16. The molecule has 21 heavy (non-hydrogen) atoms. The minimum absolute atomic E-state index is 0.0355.